The zero-order valence-electron chi connectivity index (χ0n) is 12.4. The van der Waals surface area contributed by atoms with Crippen LogP contribution in [0.2, 0.25) is 0 Å². The Hall–Kier alpha value is -1.07. The van der Waals surface area contributed by atoms with Gasteiger partial charge in [0.1, 0.15) is 12.3 Å². The SMILES string of the molecule is CCCCCCOC(=N)/C(=N\S)C1=CC=C2C[N+]2(C)C1. The molecule has 0 amide bonds. The summed E-state index contributed by atoms with van der Waals surface area (Å²) in [4.78, 5) is 0. The fraction of sp³-hybridized carbons (Fsp3) is 0.600. The van der Waals surface area contributed by atoms with Crippen LogP contribution < -0.4 is 0 Å². The van der Waals surface area contributed by atoms with Gasteiger partial charge in [0.25, 0.3) is 0 Å². The van der Waals surface area contributed by atoms with Crippen LogP contribution in [0.25, 0.3) is 0 Å². The summed E-state index contributed by atoms with van der Waals surface area (Å²) in [6.07, 6.45) is 8.75. The van der Waals surface area contributed by atoms with Gasteiger partial charge in [0.2, 0.25) is 5.90 Å². The van der Waals surface area contributed by atoms with E-state index in [-0.39, 0.29) is 5.90 Å². The van der Waals surface area contributed by atoms with Crippen molar-refractivity contribution in [2.75, 3.05) is 26.7 Å². The van der Waals surface area contributed by atoms with Gasteiger partial charge in [-0.3, -0.25) is 9.89 Å². The van der Waals surface area contributed by atoms with Crippen LogP contribution in [-0.4, -0.2) is 42.8 Å². The lowest BCUT2D eigenvalue weighted by Crippen LogP contribution is -2.30. The van der Waals surface area contributed by atoms with Crippen molar-refractivity contribution in [1.82, 2.24) is 0 Å². The highest BCUT2D eigenvalue weighted by Crippen LogP contribution is 2.37. The Morgan fingerprint density at radius 2 is 2.15 bits per heavy atom. The molecule has 0 saturated carbocycles. The molecule has 2 rings (SSSR count). The van der Waals surface area contributed by atoms with Crippen LogP contribution in [0.3, 0.4) is 0 Å². The van der Waals surface area contributed by atoms with Crippen molar-refractivity contribution in [3.8, 4) is 0 Å². The zero-order chi connectivity index (χ0) is 14.6. The predicted molar refractivity (Wildman–Crippen MR) is 86.3 cm³/mol. The number of nitrogens with one attached hydrogen (secondary N) is 1. The maximum atomic E-state index is 8.04. The zero-order valence-corrected chi connectivity index (χ0v) is 13.2. The number of allylic oxidation sites excluding steroid dienone is 2. The second kappa shape index (κ2) is 6.59. The van der Waals surface area contributed by atoms with Gasteiger partial charge in [0.05, 0.1) is 13.7 Å². The molecule has 1 N–H and O–H groups in total. The van der Waals surface area contributed by atoms with Crippen LogP contribution in [-0.2, 0) is 4.74 Å². The van der Waals surface area contributed by atoms with Gasteiger partial charge in [-0.25, -0.2) is 4.40 Å². The molecule has 2 aliphatic rings. The molecule has 0 bridgehead atoms. The lowest BCUT2D eigenvalue weighted by molar-refractivity contribution is -0.751. The molecule has 0 aromatic carbocycles. The van der Waals surface area contributed by atoms with Gasteiger partial charge in [-0.2, -0.15) is 0 Å². The van der Waals surface area contributed by atoms with Crippen molar-refractivity contribution in [3.63, 3.8) is 0 Å². The maximum Gasteiger partial charge on any atom is 0.233 e. The van der Waals surface area contributed by atoms with Crippen molar-refractivity contribution in [2.45, 2.75) is 32.6 Å². The predicted octanol–water partition coefficient (Wildman–Crippen LogP) is 3.13. The third-order valence-corrected chi connectivity index (χ3v) is 4.16. The Morgan fingerprint density at radius 3 is 2.80 bits per heavy atom. The summed E-state index contributed by atoms with van der Waals surface area (Å²) < 4.78 is 10.4. The van der Waals surface area contributed by atoms with E-state index in [1.54, 1.807) is 0 Å². The highest BCUT2D eigenvalue weighted by atomic mass is 32.1. The van der Waals surface area contributed by atoms with Crippen LogP contribution >= 0.6 is 12.8 Å². The van der Waals surface area contributed by atoms with E-state index < -0.39 is 0 Å². The molecule has 2 heterocycles. The summed E-state index contributed by atoms with van der Waals surface area (Å²) in [5.41, 5.74) is 3.06. The Bertz CT molecular complexity index is 482. The minimum absolute atomic E-state index is 0.146. The van der Waals surface area contributed by atoms with Crippen LogP contribution in [0.1, 0.15) is 32.6 Å². The number of thiol groups is 1. The highest BCUT2D eigenvalue weighted by Gasteiger charge is 2.48. The van der Waals surface area contributed by atoms with Gasteiger partial charge in [-0.1, -0.05) is 26.2 Å². The fourth-order valence-corrected chi connectivity index (χ4v) is 2.74. The molecule has 2 aliphatic heterocycles. The van der Waals surface area contributed by atoms with E-state index >= 15 is 0 Å². The number of unbranched alkanes of at least 4 members (excludes halogenated alkanes) is 3. The number of hydrogen-bond acceptors (Lipinski definition) is 4. The fourth-order valence-electron chi connectivity index (χ4n) is 2.52. The maximum absolute atomic E-state index is 8.04. The molecule has 0 aliphatic carbocycles. The topological polar surface area (TPSA) is 45.4 Å². The van der Waals surface area contributed by atoms with Crippen molar-refractivity contribution in [1.29, 1.82) is 5.41 Å². The van der Waals surface area contributed by atoms with Crippen LogP contribution in [0, 0.1) is 5.41 Å². The molecule has 5 heteroatoms. The third kappa shape index (κ3) is 3.52. The number of fused-ring (bicyclic) bond motifs is 1. The first kappa shape index (κ1) is 15.3. The molecule has 1 saturated heterocycles. The minimum atomic E-state index is 0.146. The molecule has 0 aromatic heterocycles. The number of hydrogen-bond donors (Lipinski definition) is 2. The van der Waals surface area contributed by atoms with E-state index in [2.05, 4.69) is 37.3 Å². The average Bonchev–Trinajstić information content (AvgIpc) is 3.10. The standard InChI is InChI=1S/C15H23N3OS/c1-3-4-5-6-9-19-15(16)14(17-20)12-7-8-13-11-18(13,2)10-12/h7-8,16H,3-6,9-11H2,1-2H3/p+1/b16-15?,17-14-. The molecule has 4 nitrogen and oxygen atoms in total. The van der Waals surface area contributed by atoms with Gasteiger partial charge in [-0.15, -0.1) is 0 Å². The Balaban J connectivity index is 1.85. The highest BCUT2D eigenvalue weighted by molar-refractivity contribution is 7.79. The molecule has 0 aromatic rings. The summed E-state index contributed by atoms with van der Waals surface area (Å²) in [6, 6.07) is 0. The van der Waals surface area contributed by atoms with E-state index in [9.17, 15) is 0 Å². The molecular weight excluding hydrogens is 270 g/mol. The second-order valence-corrected chi connectivity index (χ2v) is 5.95. The van der Waals surface area contributed by atoms with Gasteiger partial charge in [0.15, 0.2) is 12.2 Å². The summed E-state index contributed by atoms with van der Waals surface area (Å²) in [6.45, 7) is 4.76. The van der Waals surface area contributed by atoms with Crippen molar-refractivity contribution in [2.24, 2.45) is 4.40 Å². The number of quaternary nitrogens is 1. The van der Waals surface area contributed by atoms with E-state index in [1.807, 2.05) is 6.08 Å². The average molecular weight is 294 g/mol. The first-order valence-corrected chi connectivity index (χ1v) is 7.69. The lowest BCUT2D eigenvalue weighted by atomic mass is 10.1. The quantitative estimate of drug-likeness (QED) is 0.186. The van der Waals surface area contributed by atoms with Crippen LogP contribution in [0.15, 0.2) is 27.8 Å². The van der Waals surface area contributed by atoms with Crippen molar-refractivity contribution >= 4 is 24.4 Å². The van der Waals surface area contributed by atoms with Crippen LogP contribution in [0.5, 0.6) is 0 Å². The Labute approximate surface area is 126 Å². The third-order valence-electron chi connectivity index (χ3n) is 3.96. The van der Waals surface area contributed by atoms with Crippen LogP contribution in [0.4, 0.5) is 0 Å². The summed E-state index contributed by atoms with van der Waals surface area (Å²) in [7, 11) is 2.20. The van der Waals surface area contributed by atoms with Gasteiger partial charge in [-0.05, 0) is 25.3 Å². The minimum Gasteiger partial charge on any atom is -0.477 e. The monoisotopic (exact) mass is 294 g/mol. The first-order valence-electron chi connectivity index (χ1n) is 7.29. The number of nitrogens with zero attached hydrogens (tertiary/aromatic N) is 2. The Morgan fingerprint density at radius 1 is 1.35 bits per heavy atom. The van der Waals surface area contributed by atoms with Gasteiger partial charge < -0.3 is 4.74 Å². The second-order valence-electron chi connectivity index (χ2n) is 5.75. The molecule has 20 heavy (non-hydrogen) atoms. The molecule has 1 unspecified atom stereocenters. The normalized spacial score (nSPS) is 24.6. The lowest BCUT2D eigenvalue weighted by Gasteiger charge is -2.18. The smallest absolute Gasteiger partial charge is 0.233 e. The number of rotatable bonds is 7. The molecule has 0 spiro atoms. The molecule has 1 fully saturated rings. The summed E-state index contributed by atoms with van der Waals surface area (Å²) >= 11 is 4.01. The molecule has 0 radical (unpaired) electrons. The number of likely N-dealkylation sites (N-methyl/N-ethyl adjacent to an activating group) is 1. The number of ether oxygens (including phenoxy) is 1. The molecule has 1 atom stereocenters. The summed E-state index contributed by atoms with van der Waals surface area (Å²) in [5, 5.41) is 8.04. The van der Waals surface area contributed by atoms with Gasteiger partial charge in [0, 0.05) is 11.6 Å². The largest absolute Gasteiger partial charge is 0.477 e. The van der Waals surface area contributed by atoms with E-state index in [1.165, 1.54) is 18.5 Å². The van der Waals surface area contributed by atoms with Gasteiger partial charge >= 0.3 is 0 Å². The first-order chi connectivity index (χ1) is 9.60. The Kier molecular flexibility index (Phi) is 5.05. The van der Waals surface area contributed by atoms with E-state index in [4.69, 9.17) is 10.1 Å². The van der Waals surface area contributed by atoms with E-state index in [0.29, 0.717) is 12.3 Å². The molecular formula is C15H24N3OS+. The van der Waals surface area contributed by atoms with E-state index in [0.717, 1.165) is 36.0 Å². The summed E-state index contributed by atoms with van der Waals surface area (Å²) in [5.74, 6) is 0.146. The van der Waals surface area contributed by atoms with Crippen molar-refractivity contribution in [3.05, 3.63) is 23.4 Å². The molecule has 110 valence electrons. The van der Waals surface area contributed by atoms with Crippen molar-refractivity contribution < 1.29 is 9.22 Å².